The first-order valence-electron chi connectivity index (χ1n) is 10.5. The lowest BCUT2D eigenvalue weighted by molar-refractivity contribution is -0.297. The van der Waals surface area contributed by atoms with Crippen LogP contribution in [0.25, 0.3) is 17.0 Å². The van der Waals surface area contributed by atoms with E-state index in [9.17, 15) is 14.3 Å². The van der Waals surface area contributed by atoms with Crippen molar-refractivity contribution in [2.75, 3.05) is 6.54 Å². The van der Waals surface area contributed by atoms with Gasteiger partial charge in [0.15, 0.2) is 0 Å². The van der Waals surface area contributed by atoms with Crippen LogP contribution in [-0.4, -0.2) is 34.1 Å². The van der Waals surface area contributed by atoms with Gasteiger partial charge in [-0.1, -0.05) is 47.5 Å². The van der Waals surface area contributed by atoms with Gasteiger partial charge in [-0.05, 0) is 62.6 Å². The number of halogens is 3. The molecule has 0 saturated carbocycles. The Morgan fingerprint density at radius 3 is 2.56 bits per heavy atom. The number of nitrogens with zero attached hydrogens (tertiary/aromatic N) is 1. The molecular weight excluding hydrogens is 450 g/mol. The van der Waals surface area contributed by atoms with Gasteiger partial charge in [-0.25, -0.2) is 4.39 Å². The van der Waals surface area contributed by atoms with Gasteiger partial charge in [0.25, 0.3) is 0 Å². The van der Waals surface area contributed by atoms with Crippen LogP contribution in [0.2, 0.25) is 10.0 Å². The van der Waals surface area contributed by atoms with Gasteiger partial charge < -0.3 is 14.9 Å². The highest BCUT2D eigenvalue weighted by Gasteiger charge is 2.40. The number of carbonyl (C=O) groups excluding carboxylic acids is 1. The molecule has 0 radical (unpaired) electrons. The van der Waals surface area contributed by atoms with Crippen LogP contribution in [0.5, 0.6) is 0 Å². The van der Waals surface area contributed by atoms with Crippen molar-refractivity contribution in [3.05, 3.63) is 74.9 Å². The fourth-order valence-electron chi connectivity index (χ4n) is 4.62. The molecule has 32 heavy (non-hydrogen) atoms. The molecule has 2 atom stereocenters. The minimum atomic E-state index is -1.42. The molecule has 4 nitrogen and oxygen atoms in total. The minimum Gasteiger partial charge on any atom is -0.545 e. The van der Waals surface area contributed by atoms with Crippen LogP contribution in [0.3, 0.4) is 0 Å². The Kier molecular flexibility index (Phi) is 6.10. The Balaban J connectivity index is 1.92. The van der Waals surface area contributed by atoms with Gasteiger partial charge in [0.05, 0.1) is 12.0 Å². The maximum atomic E-state index is 14.9. The highest BCUT2D eigenvalue weighted by molar-refractivity contribution is 6.36. The first-order valence-corrected chi connectivity index (χ1v) is 11.2. The molecule has 1 aromatic heterocycles. The molecule has 0 fully saturated rings. The van der Waals surface area contributed by atoms with Gasteiger partial charge in [0.1, 0.15) is 5.67 Å². The predicted molar refractivity (Wildman–Crippen MR) is 126 cm³/mol. The second-order valence-electron chi connectivity index (χ2n) is 8.96. The number of aromatic nitrogens is 1. The van der Waals surface area contributed by atoms with Crippen molar-refractivity contribution in [3.63, 3.8) is 0 Å². The molecule has 4 rings (SSSR count). The number of nitrogens with one attached hydrogen (secondary N) is 1. The minimum absolute atomic E-state index is 0.0477. The molecule has 0 saturated heterocycles. The Morgan fingerprint density at radius 1 is 1.28 bits per heavy atom. The average Bonchev–Trinajstić information content (AvgIpc) is 3.05. The van der Waals surface area contributed by atoms with Crippen molar-refractivity contribution in [1.82, 2.24) is 9.88 Å². The molecule has 7 heteroatoms. The van der Waals surface area contributed by atoms with Crippen LogP contribution in [-0.2, 0) is 11.2 Å². The SMILES string of the molecule is C[C@@H]1Cc2c([nH]c3ccccc23)[C@@H](c2c(Cl)cc(/C=C/C(=O)[O-])cc2Cl)N1CC(C)(C)F. The molecule has 2 heterocycles. The summed E-state index contributed by atoms with van der Waals surface area (Å²) in [7, 11) is 0. The number of hydrogen-bond acceptors (Lipinski definition) is 3. The summed E-state index contributed by atoms with van der Waals surface area (Å²) in [5.74, 6) is -1.30. The summed E-state index contributed by atoms with van der Waals surface area (Å²) in [6.45, 7) is 5.41. The third-order valence-corrected chi connectivity index (χ3v) is 6.49. The van der Waals surface area contributed by atoms with Crippen LogP contribution < -0.4 is 5.11 Å². The number of carboxylic acid groups (broad SMARTS) is 1. The summed E-state index contributed by atoms with van der Waals surface area (Å²) in [5, 5.41) is 12.7. The number of carbonyl (C=O) groups is 1. The second-order valence-corrected chi connectivity index (χ2v) is 9.77. The van der Waals surface area contributed by atoms with Crippen molar-refractivity contribution in [2.45, 2.75) is 44.9 Å². The Labute approximate surface area is 196 Å². The summed E-state index contributed by atoms with van der Waals surface area (Å²) < 4.78 is 14.9. The lowest BCUT2D eigenvalue weighted by atomic mass is 9.87. The van der Waals surface area contributed by atoms with E-state index in [-0.39, 0.29) is 18.6 Å². The molecule has 0 spiro atoms. The predicted octanol–water partition coefficient (Wildman–Crippen LogP) is 5.32. The maximum absolute atomic E-state index is 14.9. The number of hydrogen-bond donors (Lipinski definition) is 1. The van der Waals surface area contributed by atoms with Gasteiger partial charge in [-0.3, -0.25) is 4.90 Å². The molecule has 0 unspecified atom stereocenters. The Morgan fingerprint density at radius 2 is 1.94 bits per heavy atom. The fraction of sp³-hybridized carbons (Fsp3) is 0.320. The van der Waals surface area contributed by atoms with Gasteiger partial charge >= 0.3 is 0 Å². The molecule has 1 N–H and O–H groups in total. The average molecular weight is 474 g/mol. The zero-order valence-electron chi connectivity index (χ0n) is 18.1. The Bertz CT molecular complexity index is 1190. The lowest BCUT2D eigenvalue weighted by Crippen LogP contribution is -2.48. The van der Waals surface area contributed by atoms with E-state index >= 15 is 0 Å². The summed E-state index contributed by atoms with van der Waals surface area (Å²) in [6, 6.07) is 11.1. The van der Waals surface area contributed by atoms with Crippen molar-refractivity contribution < 1.29 is 14.3 Å². The molecule has 1 aliphatic heterocycles. The third-order valence-electron chi connectivity index (χ3n) is 5.86. The number of alkyl halides is 1. The van der Waals surface area contributed by atoms with E-state index in [0.29, 0.717) is 21.2 Å². The third kappa shape index (κ3) is 4.42. The Hall–Kier alpha value is -2.34. The molecule has 168 valence electrons. The van der Waals surface area contributed by atoms with E-state index in [1.54, 1.807) is 26.0 Å². The number of para-hydroxylation sites is 1. The first-order chi connectivity index (χ1) is 15.0. The van der Waals surface area contributed by atoms with Gasteiger partial charge in [-0.15, -0.1) is 0 Å². The normalized spacial score (nSPS) is 19.6. The number of H-pyrrole nitrogens is 1. The molecule has 0 amide bonds. The van der Waals surface area contributed by atoms with Crippen LogP contribution in [0, 0.1) is 0 Å². The number of aromatic amines is 1. The standard InChI is InChI=1S/C25H25Cl2FN2O2/c1-14-10-17-16-6-4-5-7-20(16)29-23(17)24(30(14)13-25(2,3)28)22-18(26)11-15(12-19(22)27)8-9-21(31)32/h4-9,11-12,14,24,29H,10,13H2,1-3H3,(H,31,32)/p-1/b9-8+/t14-,24-/m1/s1. The van der Waals surface area contributed by atoms with Crippen molar-refractivity contribution in [3.8, 4) is 0 Å². The summed E-state index contributed by atoms with van der Waals surface area (Å²) >= 11 is 13.4. The topological polar surface area (TPSA) is 59.2 Å². The van der Waals surface area contributed by atoms with E-state index in [1.165, 1.54) is 11.6 Å². The monoisotopic (exact) mass is 473 g/mol. The van der Waals surface area contributed by atoms with Crippen LogP contribution in [0.15, 0.2) is 42.5 Å². The maximum Gasteiger partial charge on any atom is 0.118 e. The summed E-state index contributed by atoms with van der Waals surface area (Å²) in [6.07, 6.45) is 3.09. The van der Waals surface area contributed by atoms with Crippen molar-refractivity contribution in [2.24, 2.45) is 0 Å². The summed E-state index contributed by atoms with van der Waals surface area (Å²) in [4.78, 5) is 16.4. The second kappa shape index (κ2) is 8.54. The molecular formula is C25H24Cl2FN2O2-. The van der Waals surface area contributed by atoms with E-state index in [2.05, 4.69) is 22.9 Å². The van der Waals surface area contributed by atoms with Gasteiger partial charge in [0.2, 0.25) is 0 Å². The smallest absolute Gasteiger partial charge is 0.118 e. The highest BCUT2D eigenvalue weighted by Crippen LogP contribution is 2.46. The molecule has 3 aromatic rings. The molecule has 0 aliphatic carbocycles. The van der Waals surface area contributed by atoms with E-state index in [0.717, 1.165) is 29.1 Å². The largest absolute Gasteiger partial charge is 0.545 e. The summed E-state index contributed by atoms with van der Waals surface area (Å²) in [5.41, 5.74) is 2.94. The van der Waals surface area contributed by atoms with E-state index in [4.69, 9.17) is 23.2 Å². The molecule has 1 aliphatic rings. The fourth-order valence-corrected chi connectivity index (χ4v) is 5.33. The van der Waals surface area contributed by atoms with Crippen LogP contribution >= 0.6 is 23.2 Å². The number of aliphatic carboxylic acids is 1. The van der Waals surface area contributed by atoms with E-state index in [1.807, 2.05) is 18.2 Å². The zero-order valence-corrected chi connectivity index (χ0v) is 19.6. The van der Waals surface area contributed by atoms with Crippen molar-refractivity contribution >= 4 is 46.2 Å². The number of rotatable bonds is 5. The van der Waals surface area contributed by atoms with Gasteiger partial charge in [-0.2, -0.15) is 0 Å². The van der Waals surface area contributed by atoms with Crippen LogP contribution in [0.4, 0.5) is 4.39 Å². The number of carboxylic acids is 1. The zero-order chi connectivity index (χ0) is 23.2. The highest BCUT2D eigenvalue weighted by atomic mass is 35.5. The first kappa shape index (κ1) is 22.8. The molecule has 0 bridgehead atoms. The van der Waals surface area contributed by atoms with E-state index < -0.39 is 11.6 Å². The molecule has 2 aromatic carbocycles. The van der Waals surface area contributed by atoms with Crippen LogP contribution in [0.1, 0.15) is 49.2 Å². The lowest BCUT2D eigenvalue weighted by Gasteiger charge is -2.43. The number of benzene rings is 2. The number of fused-ring (bicyclic) bond motifs is 3. The quantitative estimate of drug-likeness (QED) is 0.509. The van der Waals surface area contributed by atoms with Crippen molar-refractivity contribution in [1.29, 1.82) is 0 Å². The van der Waals surface area contributed by atoms with Gasteiger partial charge in [0, 0.05) is 44.8 Å².